The van der Waals surface area contributed by atoms with Gasteiger partial charge in [0.25, 0.3) is 0 Å². The second-order valence-corrected chi connectivity index (χ2v) is 5.80. The highest BCUT2D eigenvalue weighted by atomic mass is 32.1. The van der Waals surface area contributed by atoms with E-state index in [0.29, 0.717) is 11.2 Å². The summed E-state index contributed by atoms with van der Waals surface area (Å²) in [6.07, 6.45) is 0. The third-order valence-corrected chi connectivity index (χ3v) is 4.45. The van der Waals surface area contributed by atoms with Crippen LogP contribution in [0.2, 0.25) is 0 Å². The average Bonchev–Trinajstić information content (AvgIpc) is 2.41. The number of nitrogens with zero attached hydrogens (tertiary/aromatic N) is 2. The van der Waals surface area contributed by atoms with Gasteiger partial charge in [-0.3, -0.25) is 4.90 Å². The number of benzene rings is 1. The first kappa shape index (κ1) is 14.3. The van der Waals surface area contributed by atoms with Gasteiger partial charge < -0.3 is 10.6 Å². The van der Waals surface area contributed by atoms with Crippen LogP contribution in [0.4, 0.5) is 0 Å². The summed E-state index contributed by atoms with van der Waals surface area (Å²) in [5.74, 6) is 0. The van der Waals surface area contributed by atoms with Crippen LogP contribution in [0, 0.1) is 13.8 Å². The molecule has 3 nitrogen and oxygen atoms in total. The van der Waals surface area contributed by atoms with Crippen LogP contribution in [0.3, 0.4) is 0 Å². The first-order valence-corrected chi connectivity index (χ1v) is 7.25. The van der Waals surface area contributed by atoms with Gasteiger partial charge in [0.2, 0.25) is 0 Å². The van der Waals surface area contributed by atoms with Crippen molar-refractivity contribution in [2.45, 2.75) is 26.8 Å². The topological polar surface area (TPSA) is 32.5 Å². The molecule has 1 heterocycles. The summed E-state index contributed by atoms with van der Waals surface area (Å²) >= 11 is 5.03. The van der Waals surface area contributed by atoms with Gasteiger partial charge >= 0.3 is 0 Å². The van der Waals surface area contributed by atoms with Gasteiger partial charge in [-0.05, 0) is 49.7 Å². The predicted molar refractivity (Wildman–Crippen MR) is 84.3 cm³/mol. The van der Waals surface area contributed by atoms with Crippen LogP contribution < -0.4 is 5.73 Å². The highest BCUT2D eigenvalue weighted by Gasteiger charge is 2.22. The zero-order valence-corrected chi connectivity index (χ0v) is 12.8. The molecule has 2 N–H and O–H groups in total. The van der Waals surface area contributed by atoms with Crippen molar-refractivity contribution in [2.75, 3.05) is 26.2 Å². The van der Waals surface area contributed by atoms with Crippen LogP contribution in [0.5, 0.6) is 0 Å². The maximum atomic E-state index is 5.68. The fourth-order valence-electron chi connectivity index (χ4n) is 2.56. The van der Waals surface area contributed by atoms with E-state index in [0.717, 1.165) is 26.2 Å². The fourth-order valence-corrected chi connectivity index (χ4v) is 2.75. The van der Waals surface area contributed by atoms with Gasteiger partial charge in [-0.2, -0.15) is 0 Å². The first-order valence-electron chi connectivity index (χ1n) is 6.84. The Hall–Kier alpha value is -1.13. The molecule has 1 aliphatic heterocycles. The molecular weight excluding hydrogens is 254 g/mol. The van der Waals surface area contributed by atoms with E-state index in [1.54, 1.807) is 0 Å². The molecule has 1 saturated heterocycles. The van der Waals surface area contributed by atoms with Crippen molar-refractivity contribution in [2.24, 2.45) is 5.73 Å². The third kappa shape index (κ3) is 3.25. The van der Waals surface area contributed by atoms with E-state index in [1.165, 1.54) is 16.7 Å². The number of nitrogens with two attached hydrogens (primary N) is 1. The molecule has 4 heteroatoms. The van der Waals surface area contributed by atoms with Crippen LogP contribution in [0.25, 0.3) is 0 Å². The minimum Gasteiger partial charge on any atom is -0.376 e. The summed E-state index contributed by atoms with van der Waals surface area (Å²) in [4.78, 5) is 4.58. The highest BCUT2D eigenvalue weighted by Crippen LogP contribution is 2.23. The van der Waals surface area contributed by atoms with Crippen LogP contribution in [-0.2, 0) is 0 Å². The maximum Gasteiger partial charge on any atom is 0.166 e. The lowest BCUT2D eigenvalue weighted by molar-refractivity contribution is 0.141. The number of piperazine rings is 1. The predicted octanol–water partition coefficient (Wildman–Crippen LogP) is 2.23. The zero-order chi connectivity index (χ0) is 14.0. The van der Waals surface area contributed by atoms with Crippen molar-refractivity contribution in [3.63, 3.8) is 0 Å². The Morgan fingerprint density at radius 2 is 1.79 bits per heavy atom. The summed E-state index contributed by atoms with van der Waals surface area (Å²) in [6, 6.07) is 7.21. The molecule has 19 heavy (non-hydrogen) atoms. The molecule has 1 aromatic rings. The molecule has 1 aliphatic rings. The van der Waals surface area contributed by atoms with Gasteiger partial charge in [0.15, 0.2) is 5.11 Å². The lowest BCUT2D eigenvalue weighted by atomic mass is 10.0. The van der Waals surface area contributed by atoms with Crippen molar-refractivity contribution in [3.8, 4) is 0 Å². The zero-order valence-electron chi connectivity index (χ0n) is 12.0. The summed E-state index contributed by atoms with van der Waals surface area (Å²) in [5, 5.41) is 0.526. The van der Waals surface area contributed by atoms with E-state index < -0.39 is 0 Å². The molecule has 0 aromatic heterocycles. The number of rotatable bonds is 2. The summed E-state index contributed by atoms with van der Waals surface area (Å²) < 4.78 is 0. The highest BCUT2D eigenvalue weighted by molar-refractivity contribution is 7.80. The Kier molecular flexibility index (Phi) is 4.42. The summed E-state index contributed by atoms with van der Waals surface area (Å²) in [7, 11) is 0. The van der Waals surface area contributed by atoms with E-state index in [9.17, 15) is 0 Å². The second kappa shape index (κ2) is 5.88. The van der Waals surface area contributed by atoms with Crippen LogP contribution in [0.15, 0.2) is 18.2 Å². The summed E-state index contributed by atoms with van der Waals surface area (Å²) in [6.45, 7) is 10.5. The van der Waals surface area contributed by atoms with Gasteiger partial charge in [-0.25, -0.2) is 0 Å². The smallest absolute Gasteiger partial charge is 0.166 e. The molecular formula is C15H23N3S. The molecule has 0 bridgehead atoms. The van der Waals surface area contributed by atoms with Crippen LogP contribution in [0.1, 0.15) is 29.7 Å². The summed E-state index contributed by atoms with van der Waals surface area (Å²) in [5.41, 5.74) is 9.79. The average molecular weight is 277 g/mol. The molecule has 2 rings (SSSR count). The second-order valence-electron chi connectivity index (χ2n) is 5.38. The largest absolute Gasteiger partial charge is 0.376 e. The van der Waals surface area contributed by atoms with Crippen molar-refractivity contribution in [1.82, 2.24) is 9.80 Å². The number of thiocarbonyl (C=S) groups is 1. The van der Waals surface area contributed by atoms with E-state index in [4.69, 9.17) is 18.0 Å². The minimum atomic E-state index is 0.452. The van der Waals surface area contributed by atoms with Gasteiger partial charge in [-0.1, -0.05) is 18.2 Å². The monoisotopic (exact) mass is 277 g/mol. The molecule has 104 valence electrons. The van der Waals surface area contributed by atoms with Crippen molar-refractivity contribution in [3.05, 3.63) is 34.9 Å². The molecule has 1 fully saturated rings. The lowest BCUT2D eigenvalue weighted by Gasteiger charge is -2.38. The maximum absolute atomic E-state index is 5.68. The van der Waals surface area contributed by atoms with Crippen molar-refractivity contribution in [1.29, 1.82) is 0 Å². The first-order chi connectivity index (χ1) is 8.99. The van der Waals surface area contributed by atoms with E-state index >= 15 is 0 Å². The van der Waals surface area contributed by atoms with E-state index in [2.05, 4.69) is 48.8 Å². The molecule has 0 spiro atoms. The lowest BCUT2D eigenvalue weighted by Crippen LogP contribution is -2.50. The Balaban J connectivity index is 2.02. The number of hydrogen-bond donors (Lipinski definition) is 1. The Bertz CT molecular complexity index is 464. The van der Waals surface area contributed by atoms with E-state index in [-0.39, 0.29) is 0 Å². The number of hydrogen-bond acceptors (Lipinski definition) is 2. The van der Waals surface area contributed by atoms with E-state index in [1.807, 2.05) is 0 Å². The quantitative estimate of drug-likeness (QED) is 0.840. The standard InChI is InChI=1S/C15H23N3S/c1-11-4-5-14(10-12(11)2)13(3)17-6-8-18(9-7-17)15(16)19/h4-5,10,13H,6-9H2,1-3H3,(H2,16,19)/t13-/m1/s1. The Morgan fingerprint density at radius 3 is 2.32 bits per heavy atom. The molecule has 0 aliphatic carbocycles. The van der Waals surface area contributed by atoms with Crippen LogP contribution >= 0.6 is 12.2 Å². The van der Waals surface area contributed by atoms with Crippen LogP contribution in [-0.4, -0.2) is 41.1 Å². The molecule has 1 aromatic carbocycles. The third-order valence-electron chi connectivity index (χ3n) is 4.19. The Labute approximate surface area is 121 Å². The Morgan fingerprint density at radius 1 is 1.16 bits per heavy atom. The van der Waals surface area contributed by atoms with Gasteiger partial charge in [0.05, 0.1) is 0 Å². The van der Waals surface area contributed by atoms with Crippen molar-refractivity contribution >= 4 is 17.3 Å². The normalized spacial score (nSPS) is 18.4. The SMILES string of the molecule is Cc1ccc([C@@H](C)N2CCN(C(N)=S)CC2)cc1C. The van der Waals surface area contributed by atoms with Gasteiger partial charge in [-0.15, -0.1) is 0 Å². The number of aryl methyl sites for hydroxylation is 2. The minimum absolute atomic E-state index is 0.452. The van der Waals surface area contributed by atoms with Crippen molar-refractivity contribution < 1.29 is 0 Å². The molecule has 0 amide bonds. The van der Waals surface area contributed by atoms with Gasteiger partial charge in [0.1, 0.15) is 0 Å². The molecule has 0 unspecified atom stereocenters. The fraction of sp³-hybridized carbons (Fsp3) is 0.533. The molecule has 0 radical (unpaired) electrons. The molecule has 0 saturated carbocycles. The van der Waals surface area contributed by atoms with Gasteiger partial charge in [0, 0.05) is 32.2 Å². The molecule has 1 atom stereocenters.